The smallest absolute Gasteiger partial charge is 0.258 e. The molecule has 132 valence electrons. The van der Waals surface area contributed by atoms with Crippen molar-refractivity contribution in [1.29, 1.82) is 0 Å². The van der Waals surface area contributed by atoms with Crippen LogP contribution in [0, 0.1) is 6.92 Å². The average Bonchev–Trinajstić information content (AvgIpc) is 3.27. The molecule has 25 heavy (non-hydrogen) atoms. The molecular weight excluding hydrogens is 318 g/mol. The Bertz CT molecular complexity index is 817. The van der Waals surface area contributed by atoms with Crippen LogP contribution in [0.3, 0.4) is 0 Å². The van der Waals surface area contributed by atoms with Crippen molar-refractivity contribution < 1.29 is 14.3 Å². The quantitative estimate of drug-likeness (QED) is 0.928. The number of carbonyl (C=O) groups is 1. The highest BCUT2D eigenvalue weighted by atomic mass is 16.7. The van der Waals surface area contributed by atoms with Gasteiger partial charge in [0.1, 0.15) is 5.82 Å². The first kappa shape index (κ1) is 16.3. The minimum Gasteiger partial charge on any atom is -0.351 e. The van der Waals surface area contributed by atoms with Crippen LogP contribution in [0.2, 0.25) is 0 Å². The van der Waals surface area contributed by atoms with Crippen LogP contribution < -0.4 is 5.32 Å². The Kier molecular flexibility index (Phi) is 3.89. The van der Waals surface area contributed by atoms with Crippen molar-refractivity contribution in [3.05, 3.63) is 46.9 Å². The van der Waals surface area contributed by atoms with E-state index in [1.807, 2.05) is 39.1 Å². The number of rotatable bonds is 4. The summed E-state index contributed by atoms with van der Waals surface area (Å²) in [5, 5.41) is 2.91. The molecule has 1 aliphatic heterocycles. The molecule has 4 rings (SSSR count). The SMILES string of the molecule is Cc1c(C(=O)Nc2cc(C3(C)OCCO3)ccn2)cc(C2CC2)n1C. The normalized spacial score (nSPS) is 19.2. The third-order valence-electron chi connectivity index (χ3n) is 5.18. The van der Waals surface area contributed by atoms with Gasteiger partial charge >= 0.3 is 0 Å². The van der Waals surface area contributed by atoms with E-state index >= 15 is 0 Å². The molecule has 2 aromatic heterocycles. The van der Waals surface area contributed by atoms with Crippen LogP contribution in [0.4, 0.5) is 5.82 Å². The molecule has 0 radical (unpaired) electrons. The van der Waals surface area contributed by atoms with Crippen molar-refractivity contribution in [3.8, 4) is 0 Å². The Labute approximate surface area is 147 Å². The Hall–Kier alpha value is -2.18. The zero-order valence-electron chi connectivity index (χ0n) is 14.8. The highest BCUT2D eigenvalue weighted by Crippen LogP contribution is 2.41. The number of nitrogens with one attached hydrogen (secondary N) is 1. The molecule has 2 fully saturated rings. The maximum atomic E-state index is 12.7. The minimum atomic E-state index is -0.774. The molecule has 1 aliphatic carbocycles. The molecule has 1 amide bonds. The third kappa shape index (κ3) is 2.96. The first-order valence-electron chi connectivity index (χ1n) is 8.70. The summed E-state index contributed by atoms with van der Waals surface area (Å²) in [6, 6.07) is 5.67. The van der Waals surface area contributed by atoms with Gasteiger partial charge in [-0.15, -0.1) is 0 Å². The third-order valence-corrected chi connectivity index (χ3v) is 5.18. The zero-order chi connectivity index (χ0) is 17.6. The van der Waals surface area contributed by atoms with Gasteiger partial charge < -0.3 is 19.4 Å². The molecule has 1 N–H and O–H groups in total. The van der Waals surface area contributed by atoms with Crippen molar-refractivity contribution in [2.24, 2.45) is 7.05 Å². The van der Waals surface area contributed by atoms with Crippen LogP contribution in [0.1, 0.15) is 53.0 Å². The van der Waals surface area contributed by atoms with E-state index in [2.05, 4.69) is 14.9 Å². The molecule has 2 aromatic rings. The molecule has 1 saturated carbocycles. The van der Waals surface area contributed by atoms with Crippen LogP contribution in [0.15, 0.2) is 24.4 Å². The maximum absolute atomic E-state index is 12.7. The number of pyridine rings is 1. The van der Waals surface area contributed by atoms with Crippen LogP contribution >= 0.6 is 0 Å². The molecule has 3 heterocycles. The second kappa shape index (κ2) is 5.97. The van der Waals surface area contributed by atoms with Crippen molar-refractivity contribution in [2.45, 2.75) is 38.4 Å². The predicted octanol–water partition coefficient (Wildman–Crippen LogP) is 3.08. The van der Waals surface area contributed by atoms with Gasteiger partial charge in [-0.25, -0.2) is 4.98 Å². The van der Waals surface area contributed by atoms with E-state index in [0.29, 0.717) is 30.5 Å². The lowest BCUT2D eigenvalue weighted by Crippen LogP contribution is -2.23. The number of hydrogen-bond donors (Lipinski definition) is 1. The van der Waals surface area contributed by atoms with Crippen LogP contribution in [-0.4, -0.2) is 28.7 Å². The van der Waals surface area contributed by atoms with Gasteiger partial charge in [0.2, 0.25) is 0 Å². The predicted molar refractivity (Wildman–Crippen MR) is 93.6 cm³/mol. The van der Waals surface area contributed by atoms with Crippen molar-refractivity contribution in [2.75, 3.05) is 18.5 Å². The fourth-order valence-corrected chi connectivity index (χ4v) is 3.37. The average molecular weight is 341 g/mol. The standard InChI is InChI=1S/C19H23N3O3/c1-12-15(11-16(22(12)3)13-4-5-13)18(23)21-17-10-14(6-7-20-17)19(2)24-8-9-25-19/h6-7,10-11,13H,4-5,8-9H2,1-3H3,(H,20,21,23). The van der Waals surface area contributed by atoms with E-state index in [1.165, 1.54) is 18.5 Å². The Morgan fingerprint density at radius 1 is 1.32 bits per heavy atom. The van der Waals surface area contributed by atoms with E-state index in [1.54, 1.807) is 6.20 Å². The molecular formula is C19H23N3O3. The van der Waals surface area contributed by atoms with Gasteiger partial charge in [0.25, 0.3) is 5.91 Å². The Balaban J connectivity index is 1.56. The second-order valence-electron chi connectivity index (χ2n) is 6.93. The number of amides is 1. The summed E-state index contributed by atoms with van der Waals surface area (Å²) in [6.45, 7) is 4.98. The number of aromatic nitrogens is 2. The molecule has 2 aliphatic rings. The minimum absolute atomic E-state index is 0.136. The van der Waals surface area contributed by atoms with E-state index in [0.717, 1.165) is 11.3 Å². The van der Waals surface area contributed by atoms with Gasteiger partial charge in [0.05, 0.1) is 18.8 Å². The van der Waals surface area contributed by atoms with Crippen molar-refractivity contribution in [1.82, 2.24) is 9.55 Å². The molecule has 1 saturated heterocycles. The van der Waals surface area contributed by atoms with E-state index in [4.69, 9.17) is 9.47 Å². The molecule has 0 atom stereocenters. The van der Waals surface area contributed by atoms with Gasteiger partial charge in [-0.05, 0) is 50.8 Å². The lowest BCUT2D eigenvalue weighted by atomic mass is 10.1. The fraction of sp³-hybridized carbons (Fsp3) is 0.474. The Morgan fingerprint density at radius 2 is 2.04 bits per heavy atom. The van der Waals surface area contributed by atoms with Crippen LogP contribution in [0.25, 0.3) is 0 Å². The summed E-state index contributed by atoms with van der Waals surface area (Å²) in [7, 11) is 2.02. The molecule has 6 nitrogen and oxygen atoms in total. The lowest BCUT2D eigenvalue weighted by molar-refractivity contribution is -0.149. The van der Waals surface area contributed by atoms with Crippen molar-refractivity contribution in [3.63, 3.8) is 0 Å². The Morgan fingerprint density at radius 3 is 2.72 bits per heavy atom. The molecule has 0 spiro atoms. The second-order valence-corrected chi connectivity index (χ2v) is 6.93. The van der Waals surface area contributed by atoms with E-state index in [9.17, 15) is 4.79 Å². The highest BCUT2D eigenvalue weighted by Gasteiger charge is 2.33. The number of nitrogens with zero attached hydrogens (tertiary/aromatic N) is 2. The van der Waals surface area contributed by atoms with E-state index in [-0.39, 0.29) is 5.91 Å². The number of hydrogen-bond acceptors (Lipinski definition) is 4. The summed E-state index contributed by atoms with van der Waals surface area (Å²) in [4.78, 5) is 17.0. The summed E-state index contributed by atoms with van der Waals surface area (Å²) < 4.78 is 13.5. The molecule has 0 bridgehead atoms. The topological polar surface area (TPSA) is 65.4 Å². The first-order valence-corrected chi connectivity index (χ1v) is 8.70. The molecule has 6 heteroatoms. The van der Waals surface area contributed by atoms with E-state index < -0.39 is 5.79 Å². The number of ether oxygens (including phenoxy) is 2. The lowest BCUT2D eigenvalue weighted by Gasteiger charge is -2.22. The zero-order valence-corrected chi connectivity index (χ0v) is 14.8. The summed E-state index contributed by atoms with van der Waals surface area (Å²) >= 11 is 0. The van der Waals surface area contributed by atoms with Gasteiger partial charge in [0.15, 0.2) is 5.79 Å². The van der Waals surface area contributed by atoms with Crippen LogP contribution in [-0.2, 0) is 22.3 Å². The summed E-state index contributed by atoms with van der Waals surface area (Å²) in [5.74, 6) is 0.190. The highest BCUT2D eigenvalue weighted by molar-refractivity contribution is 6.04. The van der Waals surface area contributed by atoms with Gasteiger partial charge in [-0.2, -0.15) is 0 Å². The molecule has 0 unspecified atom stereocenters. The number of anilines is 1. The molecule has 0 aromatic carbocycles. The van der Waals surface area contributed by atoms with Crippen LogP contribution in [0.5, 0.6) is 0 Å². The summed E-state index contributed by atoms with van der Waals surface area (Å²) in [5.41, 5.74) is 3.77. The summed E-state index contributed by atoms with van der Waals surface area (Å²) in [6.07, 6.45) is 4.08. The number of carbonyl (C=O) groups excluding carboxylic acids is 1. The maximum Gasteiger partial charge on any atom is 0.258 e. The largest absolute Gasteiger partial charge is 0.351 e. The first-order chi connectivity index (χ1) is 12.0. The fourth-order valence-electron chi connectivity index (χ4n) is 3.37. The van der Waals surface area contributed by atoms with Gasteiger partial charge in [-0.1, -0.05) is 0 Å². The van der Waals surface area contributed by atoms with Crippen molar-refractivity contribution >= 4 is 11.7 Å². The monoisotopic (exact) mass is 341 g/mol. The van der Waals surface area contributed by atoms with Gasteiger partial charge in [-0.3, -0.25) is 4.79 Å². The van der Waals surface area contributed by atoms with Gasteiger partial charge in [0, 0.05) is 30.2 Å².